The van der Waals surface area contributed by atoms with Gasteiger partial charge >= 0.3 is 0 Å². The maximum atomic E-state index is 12.4. The van der Waals surface area contributed by atoms with Crippen LogP contribution in [0.1, 0.15) is 34.8 Å². The summed E-state index contributed by atoms with van der Waals surface area (Å²) in [4.78, 5) is 12.4. The highest BCUT2D eigenvalue weighted by Gasteiger charge is 2.10. The summed E-state index contributed by atoms with van der Waals surface area (Å²) in [5.41, 5.74) is 2.45. The number of ether oxygens (including phenoxy) is 1. The summed E-state index contributed by atoms with van der Waals surface area (Å²) in [6, 6.07) is 15.0. The second kappa shape index (κ2) is 6.19. The van der Waals surface area contributed by atoms with Gasteiger partial charge in [0.15, 0.2) is 5.78 Å². The molecule has 0 radical (unpaired) electrons. The Kier molecular flexibility index (Phi) is 4.35. The van der Waals surface area contributed by atoms with Gasteiger partial charge in [-0.25, -0.2) is 0 Å². The van der Waals surface area contributed by atoms with Crippen molar-refractivity contribution in [3.63, 3.8) is 0 Å². The van der Waals surface area contributed by atoms with Crippen molar-refractivity contribution in [2.75, 3.05) is 6.61 Å². The van der Waals surface area contributed by atoms with E-state index >= 15 is 0 Å². The lowest BCUT2D eigenvalue weighted by Crippen LogP contribution is -2.03. The smallest absolute Gasteiger partial charge is 0.193 e. The summed E-state index contributed by atoms with van der Waals surface area (Å²) < 4.78 is 5.51. The van der Waals surface area contributed by atoms with Crippen molar-refractivity contribution in [2.24, 2.45) is 0 Å². The van der Waals surface area contributed by atoms with Crippen LogP contribution in [0.25, 0.3) is 0 Å². The molecule has 2 aromatic carbocycles. The quantitative estimate of drug-likeness (QED) is 0.753. The summed E-state index contributed by atoms with van der Waals surface area (Å²) in [5.74, 6) is 0.864. The Balaban J connectivity index is 2.18. The molecule has 0 spiro atoms. The van der Waals surface area contributed by atoms with Gasteiger partial charge in [0, 0.05) is 11.1 Å². The predicted octanol–water partition coefficient (Wildman–Crippen LogP) is 4.01. The molecule has 0 aliphatic carbocycles. The average Bonchev–Trinajstić information content (AvgIpc) is 2.45. The zero-order valence-corrected chi connectivity index (χ0v) is 11.3. The van der Waals surface area contributed by atoms with Gasteiger partial charge in [0.05, 0.1) is 6.61 Å². The molecule has 2 heteroatoms. The fourth-order valence-corrected chi connectivity index (χ4v) is 1.91. The van der Waals surface area contributed by atoms with Gasteiger partial charge in [-0.2, -0.15) is 0 Å². The van der Waals surface area contributed by atoms with Crippen molar-refractivity contribution >= 4 is 5.78 Å². The molecular formula is C17H18O2. The molecule has 0 saturated carbocycles. The predicted molar refractivity (Wildman–Crippen MR) is 76.8 cm³/mol. The van der Waals surface area contributed by atoms with E-state index < -0.39 is 0 Å². The Morgan fingerprint density at radius 1 is 1.05 bits per heavy atom. The lowest BCUT2D eigenvalue weighted by atomic mass is 9.99. The number of hydrogen-bond donors (Lipinski definition) is 0. The van der Waals surface area contributed by atoms with E-state index in [1.807, 2.05) is 55.5 Å². The minimum Gasteiger partial charge on any atom is -0.494 e. The Labute approximate surface area is 114 Å². The summed E-state index contributed by atoms with van der Waals surface area (Å²) in [7, 11) is 0. The Morgan fingerprint density at radius 2 is 1.74 bits per heavy atom. The van der Waals surface area contributed by atoms with Gasteiger partial charge in [0.1, 0.15) is 5.75 Å². The van der Waals surface area contributed by atoms with Gasteiger partial charge in [-0.05, 0) is 43.2 Å². The molecule has 0 N–H and O–H groups in total. The molecule has 2 nitrogen and oxygen atoms in total. The molecule has 0 unspecified atom stereocenters. The number of rotatable bonds is 5. The summed E-state index contributed by atoms with van der Waals surface area (Å²) in [6.07, 6.45) is 0.976. The Hall–Kier alpha value is -2.09. The van der Waals surface area contributed by atoms with Crippen LogP contribution in [-0.4, -0.2) is 12.4 Å². The molecule has 2 rings (SSSR count). The molecule has 0 bridgehead atoms. The second-order valence-corrected chi connectivity index (χ2v) is 4.52. The molecule has 19 heavy (non-hydrogen) atoms. The Bertz CT molecular complexity index is 556. The molecular weight excluding hydrogens is 236 g/mol. The van der Waals surface area contributed by atoms with Gasteiger partial charge in [-0.15, -0.1) is 0 Å². The molecule has 0 fully saturated rings. The lowest BCUT2D eigenvalue weighted by molar-refractivity contribution is 0.103. The van der Waals surface area contributed by atoms with Crippen LogP contribution in [0.15, 0.2) is 48.5 Å². The highest BCUT2D eigenvalue weighted by Crippen LogP contribution is 2.17. The number of ketones is 1. The van der Waals surface area contributed by atoms with Crippen molar-refractivity contribution in [1.82, 2.24) is 0 Å². The molecule has 0 saturated heterocycles. The second-order valence-electron chi connectivity index (χ2n) is 4.52. The van der Waals surface area contributed by atoms with Gasteiger partial charge in [-0.1, -0.05) is 31.2 Å². The maximum absolute atomic E-state index is 12.4. The van der Waals surface area contributed by atoms with Crippen LogP contribution in [0.5, 0.6) is 5.75 Å². The van der Waals surface area contributed by atoms with Crippen LogP contribution in [0.4, 0.5) is 0 Å². The average molecular weight is 254 g/mol. The number of aryl methyl sites for hydroxylation is 1. The van der Waals surface area contributed by atoms with E-state index in [4.69, 9.17) is 4.74 Å². The van der Waals surface area contributed by atoms with E-state index in [0.717, 1.165) is 23.3 Å². The molecule has 0 heterocycles. The highest BCUT2D eigenvalue weighted by atomic mass is 16.5. The summed E-state index contributed by atoms with van der Waals surface area (Å²) >= 11 is 0. The van der Waals surface area contributed by atoms with E-state index in [2.05, 4.69) is 6.92 Å². The van der Waals surface area contributed by atoms with Crippen LogP contribution in [0.2, 0.25) is 0 Å². The van der Waals surface area contributed by atoms with Crippen molar-refractivity contribution < 1.29 is 9.53 Å². The van der Waals surface area contributed by atoms with Crippen LogP contribution in [0.3, 0.4) is 0 Å². The normalized spacial score (nSPS) is 10.2. The number of hydrogen-bond acceptors (Lipinski definition) is 2. The third-order valence-electron chi connectivity index (χ3n) is 2.98. The molecule has 0 aliphatic rings. The lowest BCUT2D eigenvalue weighted by Gasteiger charge is -2.07. The van der Waals surface area contributed by atoms with E-state index in [0.29, 0.717) is 12.2 Å². The van der Waals surface area contributed by atoms with E-state index in [1.165, 1.54) is 0 Å². The monoisotopic (exact) mass is 254 g/mol. The number of carbonyl (C=O) groups is 1. The van der Waals surface area contributed by atoms with Crippen LogP contribution < -0.4 is 4.74 Å². The molecule has 0 aliphatic heterocycles. The third-order valence-corrected chi connectivity index (χ3v) is 2.98. The topological polar surface area (TPSA) is 26.3 Å². The third kappa shape index (κ3) is 3.22. The van der Waals surface area contributed by atoms with Gasteiger partial charge in [0.2, 0.25) is 0 Å². The largest absolute Gasteiger partial charge is 0.494 e. The van der Waals surface area contributed by atoms with Crippen molar-refractivity contribution in [2.45, 2.75) is 20.3 Å². The molecule has 98 valence electrons. The first-order valence-electron chi connectivity index (χ1n) is 6.55. The van der Waals surface area contributed by atoms with Gasteiger partial charge in [0.25, 0.3) is 0 Å². The van der Waals surface area contributed by atoms with Gasteiger partial charge in [-0.3, -0.25) is 4.79 Å². The molecule has 2 aromatic rings. The fourth-order valence-electron chi connectivity index (χ4n) is 1.91. The van der Waals surface area contributed by atoms with E-state index in [-0.39, 0.29) is 5.78 Å². The zero-order valence-electron chi connectivity index (χ0n) is 11.3. The van der Waals surface area contributed by atoms with Crippen molar-refractivity contribution in [3.8, 4) is 5.75 Å². The van der Waals surface area contributed by atoms with Gasteiger partial charge < -0.3 is 4.74 Å². The number of benzene rings is 2. The van der Waals surface area contributed by atoms with Crippen molar-refractivity contribution in [3.05, 3.63) is 65.2 Å². The fraction of sp³-hybridized carbons (Fsp3) is 0.235. The molecule has 0 atom stereocenters. The summed E-state index contributed by atoms with van der Waals surface area (Å²) in [6.45, 7) is 4.72. The summed E-state index contributed by atoms with van der Waals surface area (Å²) in [5, 5.41) is 0. The standard InChI is InChI=1S/C17H18O2/c1-3-12-19-15-10-8-14(9-11-15)17(18)16-7-5-4-6-13(16)2/h4-11H,3,12H2,1-2H3. The van der Waals surface area contributed by atoms with E-state index in [1.54, 1.807) is 0 Å². The SMILES string of the molecule is CCCOc1ccc(C(=O)c2ccccc2C)cc1. The van der Waals surface area contributed by atoms with E-state index in [9.17, 15) is 4.79 Å². The Morgan fingerprint density at radius 3 is 2.37 bits per heavy atom. The minimum absolute atomic E-state index is 0.0557. The van der Waals surface area contributed by atoms with Crippen LogP contribution >= 0.6 is 0 Å². The number of carbonyl (C=O) groups excluding carboxylic acids is 1. The minimum atomic E-state index is 0.0557. The first kappa shape index (κ1) is 13.3. The maximum Gasteiger partial charge on any atom is 0.193 e. The van der Waals surface area contributed by atoms with Crippen LogP contribution in [-0.2, 0) is 0 Å². The first-order valence-corrected chi connectivity index (χ1v) is 6.55. The highest BCUT2D eigenvalue weighted by molar-refractivity contribution is 6.09. The first-order chi connectivity index (χ1) is 9.22. The zero-order chi connectivity index (χ0) is 13.7. The molecule has 0 amide bonds. The van der Waals surface area contributed by atoms with Crippen LogP contribution in [0, 0.1) is 6.92 Å². The van der Waals surface area contributed by atoms with Crippen molar-refractivity contribution in [1.29, 1.82) is 0 Å². The molecule has 0 aromatic heterocycles.